The molecule has 0 aromatic heterocycles. The lowest BCUT2D eigenvalue weighted by Crippen LogP contribution is -2.29. The highest BCUT2D eigenvalue weighted by molar-refractivity contribution is 7.89. The summed E-state index contributed by atoms with van der Waals surface area (Å²) in [5, 5.41) is 1.78. The van der Waals surface area contributed by atoms with Gasteiger partial charge < -0.3 is 0 Å². The molecule has 3 nitrogen and oxygen atoms in total. The molecule has 0 heterocycles. The molecule has 3 rings (SSSR count). The van der Waals surface area contributed by atoms with Crippen molar-refractivity contribution in [2.75, 3.05) is 6.54 Å². The van der Waals surface area contributed by atoms with Gasteiger partial charge in [0.15, 0.2) is 0 Å². The Balaban J connectivity index is 1.81. The number of hydrogen-bond acceptors (Lipinski definition) is 2. The van der Waals surface area contributed by atoms with Crippen molar-refractivity contribution in [3.63, 3.8) is 0 Å². The maximum Gasteiger partial charge on any atom is 0.240 e. The van der Waals surface area contributed by atoms with Crippen molar-refractivity contribution in [3.8, 4) is 0 Å². The molecule has 0 fully saturated rings. The van der Waals surface area contributed by atoms with E-state index in [1.54, 1.807) is 24.3 Å². The van der Waals surface area contributed by atoms with Crippen molar-refractivity contribution in [1.82, 2.24) is 4.72 Å². The fourth-order valence-electron chi connectivity index (χ4n) is 2.86. The molecule has 0 spiro atoms. The largest absolute Gasteiger partial charge is 0.240 e. The molecule has 1 N–H and O–H groups in total. The van der Waals surface area contributed by atoms with Crippen LogP contribution in [-0.2, 0) is 16.4 Å². The normalized spacial score (nSPS) is 12.7. The van der Waals surface area contributed by atoms with Crippen LogP contribution >= 0.6 is 34.8 Å². The third-order valence-corrected chi connectivity index (χ3v) is 6.58. The van der Waals surface area contributed by atoms with E-state index >= 15 is 0 Å². The Hall–Kier alpha value is -1.56. The van der Waals surface area contributed by atoms with E-state index in [4.69, 9.17) is 34.8 Å². The van der Waals surface area contributed by atoms with Gasteiger partial charge in [-0.15, -0.1) is 0 Å². The van der Waals surface area contributed by atoms with Crippen LogP contribution in [0.15, 0.2) is 77.7 Å². The van der Waals surface area contributed by atoms with E-state index in [1.807, 2.05) is 36.4 Å². The van der Waals surface area contributed by atoms with Crippen LogP contribution in [0.4, 0.5) is 0 Å². The first kappa shape index (κ1) is 21.2. The minimum absolute atomic E-state index is 0.0690. The minimum atomic E-state index is -3.64. The van der Waals surface area contributed by atoms with Gasteiger partial charge in [0.1, 0.15) is 0 Å². The van der Waals surface area contributed by atoms with Gasteiger partial charge in [0.2, 0.25) is 10.0 Å². The van der Waals surface area contributed by atoms with Crippen LogP contribution in [0.3, 0.4) is 0 Å². The maximum absolute atomic E-state index is 12.6. The smallest absolute Gasteiger partial charge is 0.211 e. The molecule has 0 aliphatic heterocycles. The lowest BCUT2D eigenvalue weighted by molar-refractivity contribution is 0.568. The van der Waals surface area contributed by atoms with Gasteiger partial charge in [-0.05, 0) is 66.1 Å². The summed E-state index contributed by atoms with van der Waals surface area (Å²) in [5.74, 6) is -0.0690. The van der Waals surface area contributed by atoms with Gasteiger partial charge >= 0.3 is 0 Å². The molecule has 3 aromatic rings. The molecule has 0 aliphatic rings. The molecule has 3 aromatic carbocycles. The van der Waals surface area contributed by atoms with Crippen LogP contribution in [0.1, 0.15) is 17.0 Å². The van der Waals surface area contributed by atoms with E-state index in [2.05, 4.69) is 4.72 Å². The molecule has 1 unspecified atom stereocenters. The van der Waals surface area contributed by atoms with Crippen LogP contribution in [0, 0.1) is 0 Å². The van der Waals surface area contributed by atoms with Crippen LogP contribution in [0.2, 0.25) is 15.1 Å². The van der Waals surface area contributed by atoms with Crippen molar-refractivity contribution in [2.24, 2.45) is 0 Å². The molecular formula is C21H18Cl3NO2S. The zero-order valence-corrected chi connectivity index (χ0v) is 17.9. The van der Waals surface area contributed by atoms with E-state index in [0.29, 0.717) is 21.5 Å². The summed E-state index contributed by atoms with van der Waals surface area (Å²) in [5.41, 5.74) is 2.06. The van der Waals surface area contributed by atoms with Crippen LogP contribution in [0.5, 0.6) is 0 Å². The van der Waals surface area contributed by atoms with E-state index in [1.165, 1.54) is 12.1 Å². The SMILES string of the molecule is O=S(=O)(NCC(Cc1ccc(Cl)cc1)c1ccc(Cl)cc1)c1ccc(Cl)cc1. The van der Waals surface area contributed by atoms with Gasteiger partial charge in [0, 0.05) is 27.5 Å². The summed E-state index contributed by atoms with van der Waals surface area (Å²) in [7, 11) is -3.64. The van der Waals surface area contributed by atoms with E-state index in [9.17, 15) is 8.42 Å². The van der Waals surface area contributed by atoms with Crippen molar-refractivity contribution in [1.29, 1.82) is 0 Å². The Kier molecular flexibility index (Phi) is 7.02. The molecule has 0 bridgehead atoms. The average molecular weight is 455 g/mol. The fourth-order valence-corrected chi connectivity index (χ4v) is 4.31. The number of sulfonamides is 1. The Morgan fingerprint density at radius 2 is 1.18 bits per heavy atom. The van der Waals surface area contributed by atoms with E-state index in [0.717, 1.165) is 11.1 Å². The Morgan fingerprint density at radius 1 is 0.714 bits per heavy atom. The molecule has 0 saturated carbocycles. The molecule has 0 amide bonds. The minimum Gasteiger partial charge on any atom is -0.211 e. The molecule has 0 radical (unpaired) electrons. The predicted octanol–water partition coefficient (Wildman–Crippen LogP) is 5.95. The average Bonchev–Trinajstić information content (AvgIpc) is 2.68. The summed E-state index contributed by atoms with van der Waals surface area (Å²) < 4.78 is 28.0. The molecule has 7 heteroatoms. The standard InChI is InChI=1S/C21H18Cl3NO2S/c22-18-5-1-15(2-6-18)13-17(16-3-7-19(23)8-4-16)14-25-28(26,27)21-11-9-20(24)10-12-21/h1-12,17,25H,13-14H2. The van der Waals surface area contributed by atoms with Crippen molar-refractivity contribution in [2.45, 2.75) is 17.2 Å². The van der Waals surface area contributed by atoms with Gasteiger partial charge in [-0.3, -0.25) is 0 Å². The second kappa shape index (κ2) is 9.29. The van der Waals surface area contributed by atoms with Gasteiger partial charge in [-0.25, -0.2) is 13.1 Å². The maximum atomic E-state index is 12.6. The van der Waals surface area contributed by atoms with Crippen molar-refractivity contribution in [3.05, 3.63) is 99.0 Å². The lowest BCUT2D eigenvalue weighted by atomic mass is 9.92. The number of rotatable bonds is 7. The molecule has 0 saturated heterocycles. The second-order valence-corrected chi connectivity index (χ2v) is 9.46. The first-order valence-electron chi connectivity index (χ1n) is 8.58. The van der Waals surface area contributed by atoms with Gasteiger partial charge in [-0.1, -0.05) is 59.1 Å². The third-order valence-electron chi connectivity index (χ3n) is 4.38. The number of nitrogens with one attached hydrogen (secondary N) is 1. The topological polar surface area (TPSA) is 46.2 Å². The van der Waals surface area contributed by atoms with Crippen molar-refractivity contribution < 1.29 is 8.42 Å². The quantitative estimate of drug-likeness (QED) is 0.479. The predicted molar refractivity (Wildman–Crippen MR) is 116 cm³/mol. The number of hydrogen-bond donors (Lipinski definition) is 1. The Labute approximate surface area is 180 Å². The number of halogens is 3. The first-order chi connectivity index (χ1) is 13.3. The Morgan fingerprint density at radius 3 is 1.71 bits per heavy atom. The van der Waals surface area contributed by atoms with Gasteiger partial charge in [-0.2, -0.15) is 0 Å². The van der Waals surface area contributed by atoms with Crippen molar-refractivity contribution >= 4 is 44.8 Å². The molecular weight excluding hydrogens is 437 g/mol. The highest BCUT2D eigenvalue weighted by atomic mass is 35.5. The highest BCUT2D eigenvalue weighted by Crippen LogP contribution is 2.24. The Bertz CT molecular complexity index is 1020. The molecule has 0 aliphatic carbocycles. The van der Waals surface area contributed by atoms with Crippen LogP contribution in [-0.4, -0.2) is 15.0 Å². The number of benzene rings is 3. The van der Waals surface area contributed by atoms with Gasteiger partial charge in [0.25, 0.3) is 0 Å². The van der Waals surface area contributed by atoms with E-state index in [-0.39, 0.29) is 17.4 Å². The zero-order valence-electron chi connectivity index (χ0n) is 14.8. The second-order valence-electron chi connectivity index (χ2n) is 6.38. The van der Waals surface area contributed by atoms with Crippen LogP contribution < -0.4 is 4.72 Å². The summed E-state index contributed by atoms with van der Waals surface area (Å²) in [6.07, 6.45) is 0.655. The summed E-state index contributed by atoms with van der Waals surface area (Å²) in [6.45, 7) is 0.245. The summed E-state index contributed by atoms with van der Waals surface area (Å²) >= 11 is 17.8. The molecule has 28 heavy (non-hydrogen) atoms. The lowest BCUT2D eigenvalue weighted by Gasteiger charge is -2.19. The monoisotopic (exact) mass is 453 g/mol. The third kappa shape index (κ3) is 5.72. The summed E-state index contributed by atoms with van der Waals surface area (Å²) in [4.78, 5) is 0.179. The van der Waals surface area contributed by atoms with E-state index < -0.39 is 10.0 Å². The summed E-state index contributed by atoms with van der Waals surface area (Å²) in [6, 6.07) is 21.1. The zero-order chi connectivity index (χ0) is 20.1. The fraction of sp³-hybridized carbons (Fsp3) is 0.143. The highest BCUT2D eigenvalue weighted by Gasteiger charge is 2.19. The molecule has 1 atom stereocenters. The first-order valence-corrected chi connectivity index (χ1v) is 11.2. The molecule has 146 valence electrons. The van der Waals surface area contributed by atoms with Gasteiger partial charge in [0.05, 0.1) is 4.90 Å². The van der Waals surface area contributed by atoms with Crippen LogP contribution in [0.25, 0.3) is 0 Å².